The summed E-state index contributed by atoms with van der Waals surface area (Å²) < 4.78 is 5.27. The van der Waals surface area contributed by atoms with Crippen molar-refractivity contribution >= 4 is 5.91 Å². The summed E-state index contributed by atoms with van der Waals surface area (Å²) in [5.74, 6) is 0.778. The molecule has 3 heteroatoms. The van der Waals surface area contributed by atoms with Crippen LogP contribution in [-0.2, 0) is 11.2 Å². The summed E-state index contributed by atoms with van der Waals surface area (Å²) in [6.45, 7) is 6.04. The molecule has 1 amide bonds. The molecule has 0 fully saturated rings. The van der Waals surface area contributed by atoms with Gasteiger partial charge in [0, 0.05) is 0 Å². The van der Waals surface area contributed by atoms with E-state index in [1.165, 1.54) is 11.1 Å². The Hall–Kier alpha value is -2.03. The maximum Gasteiger partial charge on any atom is 0.224 e. The average Bonchev–Trinajstić information content (AvgIpc) is 2.87. The summed E-state index contributed by atoms with van der Waals surface area (Å²) in [4.78, 5) is 12.0. The van der Waals surface area contributed by atoms with Crippen molar-refractivity contribution in [3.05, 3.63) is 59.0 Å². The van der Waals surface area contributed by atoms with Crippen LogP contribution in [0.2, 0.25) is 0 Å². The second-order valence-corrected chi connectivity index (χ2v) is 4.90. The lowest BCUT2D eigenvalue weighted by Gasteiger charge is -2.12. The van der Waals surface area contributed by atoms with Crippen LogP contribution in [0.25, 0.3) is 0 Å². The Morgan fingerprint density at radius 2 is 2.05 bits per heavy atom. The van der Waals surface area contributed by atoms with Gasteiger partial charge in [0.25, 0.3) is 0 Å². The van der Waals surface area contributed by atoms with Gasteiger partial charge in [-0.15, -0.1) is 0 Å². The molecule has 3 nitrogen and oxygen atoms in total. The van der Waals surface area contributed by atoms with Gasteiger partial charge in [-0.05, 0) is 49.6 Å². The van der Waals surface area contributed by atoms with Crippen LogP contribution in [0.15, 0.2) is 41.0 Å². The number of nitrogens with one attached hydrogen (secondary N) is 1. The smallest absolute Gasteiger partial charge is 0.224 e. The van der Waals surface area contributed by atoms with Crippen LogP contribution < -0.4 is 5.32 Å². The van der Waals surface area contributed by atoms with Gasteiger partial charge < -0.3 is 9.73 Å². The number of rotatable bonds is 4. The van der Waals surface area contributed by atoms with Crippen molar-refractivity contribution in [2.24, 2.45) is 0 Å². The molecular weight excluding hydrogens is 238 g/mol. The van der Waals surface area contributed by atoms with E-state index in [0.29, 0.717) is 6.42 Å². The lowest BCUT2D eigenvalue weighted by atomic mass is 10.0. The van der Waals surface area contributed by atoms with Gasteiger partial charge in [0.05, 0.1) is 18.7 Å². The summed E-state index contributed by atoms with van der Waals surface area (Å²) in [5.41, 5.74) is 3.49. The molecule has 0 spiro atoms. The maximum absolute atomic E-state index is 12.0. The van der Waals surface area contributed by atoms with Gasteiger partial charge in [0.2, 0.25) is 5.91 Å². The fourth-order valence-corrected chi connectivity index (χ4v) is 2.00. The normalized spacial score (nSPS) is 12.2. The van der Waals surface area contributed by atoms with E-state index in [1.54, 1.807) is 6.26 Å². The largest absolute Gasteiger partial charge is 0.467 e. The molecule has 0 bridgehead atoms. The number of carbonyl (C=O) groups is 1. The first-order chi connectivity index (χ1) is 9.06. The predicted molar refractivity (Wildman–Crippen MR) is 74.9 cm³/mol. The highest BCUT2D eigenvalue weighted by Crippen LogP contribution is 2.14. The van der Waals surface area contributed by atoms with E-state index in [2.05, 4.69) is 25.2 Å². The van der Waals surface area contributed by atoms with Crippen molar-refractivity contribution in [3.8, 4) is 0 Å². The molecular formula is C16H19NO2. The van der Waals surface area contributed by atoms with E-state index in [1.807, 2.05) is 31.2 Å². The summed E-state index contributed by atoms with van der Waals surface area (Å²) in [7, 11) is 0. The van der Waals surface area contributed by atoms with Gasteiger partial charge in [-0.1, -0.05) is 18.2 Å². The van der Waals surface area contributed by atoms with Crippen molar-refractivity contribution in [1.82, 2.24) is 5.32 Å². The molecule has 1 N–H and O–H groups in total. The third-order valence-corrected chi connectivity index (χ3v) is 3.28. The third-order valence-electron chi connectivity index (χ3n) is 3.28. The fraction of sp³-hybridized carbons (Fsp3) is 0.312. The molecule has 1 heterocycles. The molecule has 0 aliphatic heterocycles. The molecule has 2 rings (SSSR count). The number of aryl methyl sites for hydroxylation is 2. The predicted octanol–water partition coefficient (Wildman–Crippen LogP) is 3.32. The van der Waals surface area contributed by atoms with Crippen molar-refractivity contribution in [1.29, 1.82) is 0 Å². The number of hydrogen-bond donors (Lipinski definition) is 1. The van der Waals surface area contributed by atoms with Crippen LogP contribution in [0, 0.1) is 13.8 Å². The number of hydrogen-bond acceptors (Lipinski definition) is 2. The number of carbonyl (C=O) groups excluding carboxylic acids is 1. The molecule has 100 valence electrons. The second-order valence-electron chi connectivity index (χ2n) is 4.90. The van der Waals surface area contributed by atoms with E-state index in [4.69, 9.17) is 4.42 Å². The molecule has 1 aromatic heterocycles. The van der Waals surface area contributed by atoms with E-state index < -0.39 is 0 Å². The van der Waals surface area contributed by atoms with Gasteiger partial charge in [0.1, 0.15) is 5.76 Å². The first-order valence-corrected chi connectivity index (χ1v) is 6.45. The van der Waals surface area contributed by atoms with E-state index in [-0.39, 0.29) is 11.9 Å². The highest BCUT2D eigenvalue weighted by atomic mass is 16.3. The Bertz CT molecular complexity index is 558. The fourth-order valence-electron chi connectivity index (χ4n) is 2.00. The summed E-state index contributed by atoms with van der Waals surface area (Å²) >= 11 is 0. The van der Waals surface area contributed by atoms with E-state index in [0.717, 1.165) is 11.3 Å². The van der Waals surface area contributed by atoms with Crippen molar-refractivity contribution in [3.63, 3.8) is 0 Å². The minimum absolute atomic E-state index is 0.00662. The zero-order chi connectivity index (χ0) is 13.8. The Labute approximate surface area is 113 Å². The maximum atomic E-state index is 12.0. The lowest BCUT2D eigenvalue weighted by molar-refractivity contribution is -0.121. The Kier molecular flexibility index (Phi) is 4.05. The Morgan fingerprint density at radius 1 is 1.26 bits per heavy atom. The van der Waals surface area contributed by atoms with Crippen molar-refractivity contribution in [2.45, 2.75) is 33.2 Å². The SMILES string of the molecule is Cc1ccc(CC(=O)N[C@H](C)c2ccco2)cc1C. The Balaban J connectivity index is 1.95. The highest BCUT2D eigenvalue weighted by Gasteiger charge is 2.12. The second kappa shape index (κ2) is 5.74. The summed E-state index contributed by atoms with van der Waals surface area (Å²) in [6.07, 6.45) is 2.01. The van der Waals surface area contributed by atoms with Crippen LogP contribution in [0.1, 0.15) is 35.4 Å². The number of benzene rings is 1. The molecule has 1 aromatic carbocycles. The van der Waals surface area contributed by atoms with E-state index >= 15 is 0 Å². The van der Waals surface area contributed by atoms with Crippen molar-refractivity contribution < 1.29 is 9.21 Å². The van der Waals surface area contributed by atoms with Gasteiger partial charge in [0.15, 0.2) is 0 Å². The molecule has 0 aliphatic rings. The molecule has 0 radical (unpaired) electrons. The molecule has 19 heavy (non-hydrogen) atoms. The quantitative estimate of drug-likeness (QED) is 0.913. The van der Waals surface area contributed by atoms with Crippen LogP contribution in [0.3, 0.4) is 0 Å². The van der Waals surface area contributed by atoms with Crippen LogP contribution in [0.5, 0.6) is 0 Å². The minimum atomic E-state index is -0.103. The average molecular weight is 257 g/mol. The molecule has 0 saturated carbocycles. The molecule has 0 unspecified atom stereocenters. The topological polar surface area (TPSA) is 42.2 Å². The zero-order valence-corrected chi connectivity index (χ0v) is 11.6. The van der Waals surface area contributed by atoms with Gasteiger partial charge in [-0.25, -0.2) is 0 Å². The zero-order valence-electron chi connectivity index (χ0n) is 11.6. The molecule has 0 aliphatic carbocycles. The standard InChI is InChI=1S/C16H19NO2/c1-11-6-7-14(9-12(11)2)10-16(18)17-13(3)15-5-4-8-19-15/h4-9,13H,10H2,1-3H3,(H,17,18)/t13-/m1/s1. The molecule has 1 atom stereocenters. The van der Waals surface area contributed by atoms with Crippen LogP contribution >= 0.6 is 0 Å². The van der Waals surface area contributed by atoms with Gasteiger partial charge >= 0.3 is 0 Å². The monoisotopic (exact) mass is 257 g/mol. The Morgan fingerprint density at radius 3 is 2.68 bits per heavy atom. The first-order valence-electron chi connectivity index (χ1n) is 6.45. The third kappa shape index (κ3) is 3.47. The van der Waals surface area contributed by atoms with E-state index in [9.17, 15) is 4.79 Å². The van der Waals surface area contributed by atoms with Crippen LogP contribution in [-0.4, -0.2) is 5.91 Å². The molecule has 0 saturated heterocycles. The van der Waals surface area contributed by atoms with Crippen molar-refractivity contribution in [2.75, 3.05) is 0 Å². The minimum Gasteiger partial charge on any atom is -0.467 e. The summed E-state index contributed by atoms with van der Waals surface area (Å²) in [5, 5.41) is 2.93. The number of furan rings is 1. The lowest BCUT2D eigenvalue weighted by Crippen LogP contribution is -2.27. The highest BCUT2D eigenvalue weighted by molar-refractivity contribution is 5.79. The van der Waals surface area contributed by atoms with Crippen LogP contribution in [0.4, 0.5) is 0 Å². The van der Waals surface area contributed by atoms with Gasteiger partial charge in [-0.2, -0.15) is 0 Å². The molecule has 2 aromatic rings. The summed E-state index contributed by atoms with van der Waals surface area (Å²) in [6, 6.07) is 9.69. The first kappa shape index (κ1) is 13.4. The van der Waals surface area contributed by atoms with Gasteiger partial charge in [-0.3, -0.25) is 4.79 Å². The number of amides is 1.